The van der Waals surface area contributed by atoms with Crippen molar-refractivity contribution in [3.63, 3.8) is 0 Å². The molecule has 1 aromatic heterocycles. The number of hydrogen-bond acceptors (Lipinski definition) is 3. The van der Waals surface area contributed by atoms with E-state index < -0.39 is 0 Å². The summed E-state index contributed by atoms with van der Waals surface area (Å²) in [6, 6.07) is 0. The molecule has 0 aliphatic carbocycles. The lowest BCUT2D eigenvalue weighted by atomic mass is 10.3. The zero-order valence-electron chi connectivity index (χ0n) is 9.86. The lowest BCUT2D eigenvalue weighted by molar-refractivity contribution is -0.130. The van der Waals surface area contributed by atoms with E-state index in [-0.39, 0.29) is 5.91 Å². The lowest BCUT2D eigenvalue weighted by Gasteiger charge is -2.15. The van der Waals surface area contributed by atoms with E-state index in [0.717, 1.165) is 37.3 Å². The van der Waals surface area contributed by atoms with Crippen LogP contribution in [0.25, 0.3) is 0 Å². The lowest BCUT2D eigenvalue weighted by Crippen LogP contribution is -2.31. The monoisotopic (exact) mass is 222 g/mol. The first kappa shape index (κ1) is 11.0. The van der Waals surface area contributed by atoms with E-state index in [0.29, 0.717) is 12.2 Å². The molecule has 5 heteroatoms. The number of aromatic nitrogens is 2. The van der Waals surface area contributed by atoms with E-state index in [1.807, 2.05) is 18.7 Å². The Hall–Kier alpha value is -1.52. The molecule has 2 N–H and O–H groups in total. The molecule has 0 atom stereocenters. The average Bonchev–Trinajstić information content (AvgIpc) is 2.85. The van der Waals surface area contributed by atoms with Gasteiger partial charge in [0, 0.05) is 13.1 Å². The largest absolute Gasteiger partial charge is 0.396 e. The van der Waals surface area contributed by atoms with Crippen molar-refractivity contribution in [1.29, 1.82) is 0 Å². The van der Waals surface area contributed by atoms with Crippen LogP contribution in [-0.4, -0.2) is 33.7 Å². The van der Waals surface area contributed by atoms with E-state index in [1.165, 1.54) is 0 Å². The summed E-state index contributed by atoms with van der Waals surface area (Å²) in [5.41, 5.74) is 8.19. The number of carbonyl (C=O) groups is 1. The van der Waals surface area contributed by atoms with Crippen molar-refractivity contribution in [2.24, 2.45) is 0 Å². The Bertz CT molecular complexity index is 404. The predicted molar refractivity (Wildman–Crippen MR) is 61.9 cm³/mol. The van der Waals surface area contributed by atoms with Gasteiger partial charge in [-0.3, -0.25) is 9.48 Å². The smallest absolute Gasteiger partial charge is 0.244 e. The normalized spacial score (nSPS) is 15.8. The summed E-state index contributed by atoms with van der Waals surface area (Å²) in [5.74, 6) is 0.142. The number of amides is 1. The van der Waals surface area contributed by atoms with Crippen LogP contribution in [0.4, 0.5) is 5.69 Å². The van der Waals surface area contributed by atoms with Crippen LogP contribution >= 0.6 is 0 Å². The Labute approximate surface area is 95.2 Å². The fourth-order valence-corrected chi connectivity index (χ4v) is 2.06. The maximum absolute atomic E-state index is 11.9. The number of likely N-dealkylation sites (tertiary alicyclic amines) is 1. The number of anilines is 1. The molecule has 88 valence electrons. The number of rotatable bonds is 2. The van der Waals surface area contributed by atoms with Gasteiger partial charge in [0.2, 0.25) is 5.91 Å². The molecule has 5 nitrogen and oxygen atoms in total. The molecular formula is C11H18N4O. The van der Waals surface area contributed by atoms with Crippen molar-refractivity contribution in [2.45, 2.75) is 33.2 Å². The van der Waals surface area contributed by atoms with Gasteiger partial charge in [0.1, 0.15) is 6.54 Å². The van der Waals surface area contributed by atoms with Gasteiger partial charge in [-0.15, -0.1) is 0 Å². The third kappa shape index (κ3) is 1.89. The van der Waals surface area contributed by atoms with Crippen LogP contribution in [0.2, 0.25) is 0 Å². The van der Waals surface area contributed by atoms with Crippen LogP contribution < -0.4 is 5.73 Å². The third-order valence-corrected chi connectivity index (χ3v) is 3.18. The Kier molecular flexibility index (Phi) is 2.85. The maximum atomic E-state index is 11.9. The van der Waals surface area contributed by atoms with Crippen LogP contribution in [0.3, 0.4) is 0 Å². The Morgan fingerprint density at radius 2 is 2.00 bits per heavy atom. The summed E-state index contributed by atoms with van der Waals surface area (Å²) in [6.07, 6.45) is 2.23. The molecule has 1 amide bonds. The van der Waals surface area contributed by atoms with Crippen molar-refractivity contribution < 1.29 is 4.79 Å². The minimum Gasteiger partial charge on any atom is -0.396 e. The highest BCUT2D eigenvalue weighted by atomic mass is 16.2. The van der Waals surface area contributed by atoms with Gasteiger partial charge in [-0.2, -0.15) is 5.10 Å². The summed E-state index contributed by atoms with van der Waals surface area (Å²) in [6.45, 7) is 5.83. The van der Waals surface area contributed by atoms with Crippen LogP contribution in [0.15, 0.2) is 0 Å². The second-order valence-electron chi connectivity index (χ2n) is 4.33. The number of nitrogen functional groups attached to an aromatic ring is 1. The van der Waals surface area contributed by atoms with E-state index in [1.54, 1.807) is 4.68 Å². The highest BCUT2D eigenvalue weighted by Crippen LogP contribution is 2.15. The minimum absolute atomic E-state index is 0.142. The molecule has 0 bridgehead atoms. The van der Waals surface area contributed by atoms with Gasteiger partial charge in [-0.25, -0.2) is 0 Å². The van der Waals surface area contributed by atoms with Gasteiger partial charge in [0.25, 0.3) is 0 Å². The topological polar surface area (TPSA) is 64.2 Å². The summed E-state index contributed by atoms with van der Waals surface area (Å²) < 4.78 is 1.70. The Morgan fingerprint density at radius 1 is 1.38 bits per heavy atom. The number of nitrogens with zero attached hydrogens (tertiary/aromatic N) is 3. The maximum Gasteiger partial charge on any atom is 0.244 e. The van der Waals surface area contributed by atoms with E-state index in [9.17, 15) is 4.79 Å². The summed E-state index contributed by atoms with van der Waals surface area (Å²) >= 11 is 0. The van der Waals surface area contributed by atoms with Crippen molar-refractivity contribution in [3.05, 3.63) is 11.4 Å². The molecule has 1 aromatic rings. The second kappa shape index (κ2) is 4.15. The van der Waals surface area contributed by atoms with Gasteiger partial charge in [0.15, 0.2) is 0 Å². The highest BCUT2D eigenvalue weighted by molar-refractivity contribution is 5.76. The standard InChI is InChI=1S/C11H18N4O/c1-8-11(12)9(2)15(13-8)7-10(16)14-5-3-4-6-14/h3-7,12H2,1-2H3. The SMILES string of the molecule is Cc1nn(CC(=O)N2CCCC2)c(C)c1N. The molecule has 2 rings (SSSR count). The van der Waals surface area contributed by atoms with Crippen LogP contribution in [-0.2, 0) is 11.3 Å². The molecule has 1 saturated heterocycles. The third-order valence-electron chi connectivity index (χ3n) is 3.18. The first-order chi connectivity index (χ1) is 7.59. The fourth-order valence-electron chi connectivity index (χ4n) is 2.06. The first-order valence-electron chi connectivity index (χ1n) is 5.67. The van der Waals surface area contributed by atoms with E-state index >= 15 is 0 Å². The average molecular weight is 222 g/mol. The summed E-state index contributed by atoms with van der Waals surface area (Å²) in [5, 5.41) is 4.27. The van der Waals surface area contributed by atoms with Crippen molar-refractivity contribution in [2.75, 3.05) is 18.8 Å². The van der Waals surface area contributed by atoms with Gasteiger partial charge in [-0.05, 0) is 26.7 Å². The van der Waals surface area contributed by atoms with Gasteiger partial charge >= 0.3 is 0 Å². The number of carbonyl (C=O) groups excluding carboxylic acids is 1. The van der Waals surface area contributed by atoms with Gasteiger partial charge < -0.3 is 10.6 Å². The van der Waals surface area contributed by atoms with Crippen molar-refractivity contribution in [3.8, 4) is 0 Å². The minimum atomic E-state index is 0.142. The zero-order chi connectivity index (χ0) is 11.7. The molecule has 0 unspecified atom stereocenters. The molecule has 2 heterocycles. The van der Waals surface area contributed by atoms with Crippen LogP contribution in [0.1, 0.15) is 24.2 Å². The van der Waals surface area contributed by atoms with Gasteiger partial charge in [0.05, 0.1) is 17.1 Å². The Balaban J connectivity index is 2.08. The second-order valence-corrected chi connectivity index (χ2v) is 4.33. The molecule has 0 aromatic carbocycles. The van der Waals surface area contributed by atoms with Crippen LogP contribution in [0.5, 0.6) is 0 Å². The first-order valence-corrected chi connectivity index (χ1v) is 5.67. The molecule has 0 saturated carbocycles. The summed E-state index contributed by atoms with van der Waals surface area (Å²) in [7, 11) is 0. The molecule has 1 aliphatic heterocycles. The summed E-state index contributed by atoms with van der Waals surface area (Å²) in [4.78, 5) is 13.8. The van der Waals surface area contributed by atoms with Crippen LogP contribution in [0, 0.1) is 13.8 Å². The van der Waals surface area contributed by atoms with Crippen molar-refractivity contribution >= 4 is 11.6 Å². The van der Waals surface area contributed by atoms with Gasteiger partial charge in [-0.1, -0.05) is 0 Å². The Morgan fingerprint density at radius 3 is 2.50 bits per heavy atom. The highest BCUT2D eigenvalue weighted by Gasteiger charge is 2.19. The van der Waals surface area contributed by atoms with E-state index in [4.69, 9.17) is 5.73 Å². The zero-order valence-corrected chi connectivity index (χ0v) is 9.86. The fraction of sp³-hybridized carbons (Fsp3) is 0.636. The molecule has 1 fully saturated rings. The molecule has 16 heavy (non-hydrogen) atoms. The molecule has 0 spiro atoms. The number of aryl methyl sites for hydroxylation is 1. The number of hydrogen-bond donors (Lipinski definition) is 1. The molecule has 1 aliphatic rings. The molecular weight excluding hydrogens is 204 g/mol. The number of nitrogens with two attached hydrogens (primary N) is 1. The van der Waals surface area contributed by atoms with E-state index in [2.05, 4.69) is 5.10 Å². The molecule has 0 radical (unpaired) electrons. The predicted octanol–water partition coefficient (Wildman–Crippen LogP) is 0.705. The van der Waals surface area contributed by atoms with Crippen molar-refractivity contribution in [1.82, 2.24) is 14.7 Å². The quantitative estimate of drug-likeness (QED) is 0.801.